The Kier molecular flexibility index (Phi) is 3.48. The van der Waals surface area contributed by atoms with Crippen LogP contribution >= 0.6 is 0 Å². The molecule has 2 N–H and O–H groups in total. The van der Waals surface area contributed by atoms with Crippen LogP contribution in [0.4, 0.5) is 0 Å². The first kappa shape index (κ1) is 12.9. The zero-order valence-corrected chi connectivity index (χ0v) is 11.4. The van der Waals surface area contributed by atoms with Crippen molar-refractivity contribution in [3.63, 3.8) is 0 Å². The van der Waals surface area contributed by atoms with E-state index in [1.165, 1.54) is 0 Å². The van der Waals surface area contributed by atoms with Gasteiger partial charge in [0, 0.05) is 31.6 Å². The van der Waals surface area contributed by atoms with Crippen molar-refractivity contribution < 1.29 is 9.59 Å². The smallest absolute Gasteiger partial charge is 0.242 e. The second-order valence-electron chi connectivity index (χ2n) is 6.19. The molecule has 1 saturated heterocycles. The molecular weight excluding hydrogens is 242 g/mol. The van der Waals surface area contributed by atoms with E-state index in [-0.39, 0.29) is 24.4 Å². The molecule has 0 bridgehead atoms. The monoisotopic (exact) mass is 265 g/mol. The van der Waals surface area contributed by atoms with Gasteiger partial charge in [-0.25, -0.2) is 0 Å². The Labute approximate surface area is 114 Å². The Bertz CT molecular complexity index is 381. The summed E-state index contributed by atoms with van der Waals surface area (Å²) in [5.74, 6) is 0.563. The van der Waals surface area contributed by atoms with Crippen molar-refractivity contribution in [1.29, 1.82) is 0 Å². The molecule has 2 amide bonds. The number of piperazine rings is 1. The molecule has 0 aromatic carbocycles. The van der Waals surface area contributed by atoms with Gasteiger partial charge in [-0.05, 0) is 31.6 Å². The standard InChI is InChI=1S/C14H23N3O2/c15-12-3-1-2-10(12)8-13(18)16-6-7-17(11-4-5-11)14(19)9-16/h10-12H,1-9,15H2/t10-,12+/m0/s1. The van der Waals surface area contributed by atoms with Crippen LogP contribution in [-0.4, -0.2) is 53.3 Å². The average molecular weight is 265 g/mol. The topological polar surface area (TPSA) is 66.6 Å². The van der Waals surface area contributed by atoms with Gasteiger partial charge in [-0.3, -0.25) is 9.59 Å². The molecule has 106 valence electrons. The van der Waals surface area contributed by atoms with Crippen LogP contribution in [-0.2, 0) is 9.59 Å². The lowest BCUT2D eigenvalue weighted by molar-refractivity contribution is -0.146. The number of nitrogens with zero attached hydrogens (tertiary/aromatic N) is 2. The molecule has 2 saturated carbocycles. The molecule has 19 heavy (non-hydrogen) atoms. The van der Waals surface area contributed by atoms with Crippen molar-refractivity contribution in [3.05, 3.63) is 0 Å². The average Bonchev–Trinajstić information content (AvgIpc) is 3.15. The van der Waals surface area contributed by atoms with Crippen LogP contribution in [0.3, 0.4) is 0 Å². The summed E-state index contributed by atoms with van der Waals surface area (Å²) < 4.78 is 0. The van der Waals surface area contributed by atoms with E-state index in [0.29, 0.717) is 31.5 Å². The molecule has 1 aliphatic heterocycles. The lowest BCUT2D eigenvalue weighted by atomic mass is 9.99. The fraction of sp³-hybridized carbons (Fsp3) is 0.857. The Morgan fingerprint density at radius 3 is 2.58 bits per heavy atom. The van der Waals surface area contributed by atoms with E-state index in [0.717, 1.165) is 32.1 Å². The molecular formula is C14H23N3O2. The summed E-state index contributed by atoms with van der Waals surface area (Å²) in [7, 11) is 0. The molecule has 3 rings (SSSR count). The molecule has 5 heteroatoms. The second-order valence-corrected chi connectivity index (χ2v) is 6.19. The fourth-order valence-corrected chi connectivity index (χ4v) is 3.34. The van der Waals surface area contributed by atoms with E-state index in [1.54, 1.807) is 4.90 Å². The lowest BCUT2D eigenvalue weighted by Gasteiger charge is -2.35. The Morgan fingerprint density at radius 2 is 2.00 bits per heavy atom. The van der Waals surface area contributed by atoms with E-state index < -0.39 is 0 Å². The van der Waals surface area contributed by atoms with Crippen LogP contribution < -0.4 is 5.73 Å². The number of carbonyl (C=O) groups excluding carboxylic acids is 2. The summed E-state index contributed by atoms with van der Waals surface area (Å²) in [6.07, 6.45) is 6.02. The van der Waals surface area contributed by atoms with Crippen molar-refractivity contribution in [2.24, 2.45) is 11.7 Å². The van der Waals surface area contributed by atoms with Crippen LogP contribution in [0.15, 0.2) is 0 Å². The van der Waals surface area contributed by atoms with Crippen LogP contribution in [0.1, 0.15) is 38.5 Å². The maximum Gasteiger partial charge on any atom is 0.242 e. The number of carbonyl (C=O) groups is 2. The highest BCUT2D eigenvalue weighted by Crippen LogP contribution is 2.29. The highest BCUT2D eigenvalue weighted by Gasteiger charge is 2.37. The minimum atomic E-state index is 0.117. The molecule has 0 spiro atoms. The first-order valence-corrected chi connectivity index (χ1v) is 7.48. The third-order valence-electron chi connectivity index (χ3n) is 4.75. The fourth-order valence-electron chi connectivity index (χ4n) is 3.34. The third kappa shape index (κ3) is 2.76. The van der Waals surface area contributed by atoms with Gasteiger partial charge in [0.25, 0.3) is 0 Å². The zero-order valence-electron chi connectivity index (χ0n) is 11.4. The summed E-state index contributed by atoms with van der Waals surface area (Å²) >= 11 is 0. The molecule has 1 heterocycles. The number of hydrogen-bond acceptors (Lipinski definition) is 3. The van der Waals surface area contributed by atoms with Crippen LogP contribution in [0, 0.1) is 5.92 Å². The van der Waals surface area contributed by atoms with Crippen LogP contribution in [0.5, 0.6) is 0 Å². The number of nitrogens with two attached hydrogens (primary N) is 1. The minimum Gasteiger partial charge on any atom is -0.336 e. The van der Waals surface area contributed by atoms with E-state index in [9.17, 15) is 9.59 Å². The predicted molar refractivity (Wildman–Crippen MR) is 71.2 cm³/mol. The molecule has 5 nitrogen and oxygen atoms in total. The van der Waals surface area contributed by atoms with Gasteiger partial charge >= 0.3 is 0 Å². The molecule has 3 fully saturated rings. The van der Waals surface area contributed by atoms with Gasteiger partial charge in [0.1, 0.15) is 0 Å². The van der Waals surface area contributed by atoms with E-state index in [1.807, 2.05) is 4.90 Å². The van der Waals surface area contributed by atoms with Crippen molar-refractivity contribution in [1.82, 2.24) is 9.80 Å². The van der Waals surface area contributed by atoms with Crippen molar-refractivity contribution in [2.75, 3.05) is 19.6 Å². The van der Waals surface area contributed by atoms with Gasteiger partial charge in [-0.15, -0.1) is 0 Å². The lowest BCUT2D eigenvalue weighted by Crippen LogP contribution is -2.53. The van der Waals surface area contributed by atoms with Crippen molar-refractivity contribution >= 4 is 11.8 Å². The second kappa shape index (κ2) is 5.12. The summed E-state index contributed by atoms with van der Waals surface area (Å²) in [6, 6.07) is 0.639. The van der Waals surface area contributed by atoms with Crippen molar-refractivity contribution in [3.8, 4) is 0 Å². The summed E-state index contributed by atoms with van der Waals surface area (Å²) in [6.45, 7) is 1.69. The Balaban J connectivity index is 1.52. The highest BCUT2D eigenvalue weighted by molar-refractivity contribution is 5.86. The van der Waals surface area contributed by atoms with E-state index >= 15 is 0 Å². The highest BCUT2D eigenvalue weighted by atomic mass is 16.2. The van der Waals surface area contributed by atoms with Crippen LogP contribution in [0.25, 0.3) is 0 Å². The van der Waals surface area contributed by atoms with Crippen molar-refractivity contribution in [2.45, 2.75) is 50.6 Å². The van der Waals surface area contributed by atoms with Gasteiger partial charge in [0.2, 0.25) is 11.8 Å². The van der Waals surface area contributed by atoms with E-state index in [4.69, 9.17) is 5.73 Å². The number of rotatable bonds is 3. The minimum absolute atomic E-state index is 0.117. The maximum atomic E-state index is 12.2. The predicted octanol–water partition coefficient (Wildman–Crippen LogP) is 0.337. The summed E-state index contributed by atoms with van der Waals surface area (Å²) in [4.78, 5) is 27.9. The molecule has 0 aromatic rings. The van der Waals surface area contributed by atoms with Crippen LogP contribution in [0.2, 0.25) is 0 Å². The SMILES string of the molecule is N[C@@H]1CCC[C@H]1CC(=O)N1CCN(C2CC2)C(=O)C1. The zero-order chi connectivity index (χ0) is 13.4. The largest absolute Gasteiger partial charge is 0.336 e. The number of amides is 2. The molecule has 2 atom stereocenters. The Hall–Kier alpha value is -1.10. The van der Waals surface area contributed by atoms with Gasteiger partial charge in [0.05, 0.1) is 6.54 Å². The molecule has 0 aromatic heterocycles. The van der Waals surface area contributed by atoms with E-state index in [2.05, 4.69) is 0 Å². The first-order chi connectivity index (χ1) is 9.15. The quantitative estimate of drug-likeness (QED) is 0.800. The van der Waals surface area contributed by atoms with Gasteiger partial charge in [-0.1, -0.05) is 6.42 Å². The molecule has 3 aliphatic rings. The Morgan fingerprint density at radius 1 is 1.21 bits per heavy atom. The summed E-state index contributed by atoms with van der Waals surface area (Å²) in [5.41, 5.74) is 6.01. The van der Waals surface area contributed by atoms with Gasteiger partial charge in [0.15, 0.2) is 0 Å². The molecule has 0 unspecified atom stereocenters. The third-order valence-corrected chi connectivity index (χ3v) is 4.75. The number of hydrogen-bond donors (Lipinski definition) is 1. The summed E-state index contributed by atoms with van der Waals surface area (Å²) in [5, 5.41) is 0. The molecule has 2 aliphatic carbocycles. The first-order valence-electron chi connectivity index (χ1n) is 7.48. The van der Waals surface area contributed by atoms with Gasteiger partial charge in [-0.2, -0.15) is 0 Å². The normalized spacial score (nSPS) is 31.9. The molecule has 0 radical (unpaired) electrons. The maximum absolute atomic E-state index is 12.2. The van der Waals surface area contributed by atoms with Gasteiger partial charge < -0.3 is 15.5 Å².